The minimum atomic E-state index is -3.52. The quantitative estimate of drug-likeness (QED) is 0.662. The second-order valence-electron chi connectivity index (χ2n) is 3.81. The van der Waals surface area contributed by atoms with E-state index in [9.17, 15) is 13.2 Å². The normalized spacial score (nSPS) is 20.1. The highest BCUT2D eigenvalue weighted by Crippen LogP contribution is 2.03. The van der Waals surface area contributed by atoms with E-state index in [0.29, 0.717) is 19.5 Å². The molecule has 0 atom stereocenters. The zero-order valence-corrected chi connectivity index (χ0v) is 9.80. The van der Waals surface area contributed by atoms with Gasteiger partial charge in [-0.15, -0.1) is 0 Å². The van der Waals surface area contributed by atoms with Crippen molar-refractivity contribution in [1.29, 1.82) is 0 Å². The Kier molecular flexibility index (Phi) is 4.06. The molecule has 1 rings (SSSR count). The molecule has 88 valence electrons. The fourth-order valence-electron chi connectivity index (χ4n) is 1.36. The number of carbonyl (C=O) groups excluding carboxylic acids is 1. The topological polar surface area (TPSA) is 78.5 Å². The lowest BCUT2D eigenvalue weighted by Gasteiger charge is -2.20. The van der Waals surface area contributed by atoms with Gasteiger partial charge in [0, 0.05) is 19.1 Å². The van der Waals surface area contributed by atoms with Crippen LogP contribution < -0.4 is 10.0 Å². The van der Waals surface area contributed by atoms with E-state index in [4.69, 9.17) is 0 Å². The molecule has 1 aliphatic heterocycles. The maximum absolute atomic E-state index is 11.7. The molecule has 6 nitrogen and oxygen atoms in total. The van der Waals surface area contributed by atoms with Gasteiger partial charge in [0.25, 0.3) is 10.2 Å². The molecule has 7 heteroatoms. The van der Waals surface area contributed by atoms with Gasteiger partial charge < -0.3 is 5.32 Å². The largest absolute Gasteiger partial charge is 0.355 e. The Labute approximate surface area is 90.2 Å². The van der Waals surface area contributed by atoms with Gasteiger partial charge in [0.05, 0.1) is 6.54 Å². The van der Waals surface area contributed by atoms with Crippen molar-refractivity contribution in [3.8, 4) is 0 Å². The third-order valence-corrected chi connectivity index (χ3v) is 3.71. The van der Waals surface area contributed by atoms with Crippen LogP contribution in [0.5, 0.6) is 0 Å². The molecule has 15 heavy (non-hydrogen) atoms. The average Bonchev–Trinajstić information content (AvgIpc) is 2.27. The van der Waals surface area contributed by atoms with Crippen LogP contribution in [0.3, 0.4) is 0 Å². The van der Waals surface area contributed by atoms with Gasteiger partial charge >= 0.3 is 0 Å². The number of carbonyl (C=O) groups is 1. The summed E-state index contributed by atoms with van der Waals surface area (Å²) >= 11 is 0. The molecule has 0 aliphatic carbocycles. The van der Waals surface area contributed by atoms with E-state index < -0.39 is 10.2 Å². The van der Waals surface area contributed by atoms with Crippen molar-refractivity contribution in [2.24, 2.45) is 0 Å². The number of hydrogen-bond donors (Lipinski definition) is 2. The van der Waals surface area contributed by atoms with Crippen LogP contribution in [0.1, 0.15) is 20.3 Å². The van der Waals surface area contributed by atoms with E-state index in [-0.39, 0.29) is 18.5 Å². The maximum atomic E-state index is 11.7. The Morgan fingerprint density at radius 2 is 2.13 bits per heavy atom. The predicted molar refractivity (Wildman–Crippen MR) is 56.4 cm³/mol. The molecule has 0 aromatic heterocycles. The minimum Gasteiger partial charge on any atom is -0.355 e. The Hall–Kier alpha value is -0.660. The molecule has 0 radical (unpaired) electrons. The molecule has 0 unspecified atom stereocenters. The van der Waals surface area contributed by atoms with E-state index in [1.54, 1.807) is 13.8 Å². The summed E-state index contributed by atoms with van der Waals surface area (Å²) in [6.07, 6.45) is 0.644. The molecule has 0 bridgehead atoms. The van der Waals surface area contributed by atoms with Gasteiger partial charge in [-0.2, -0.15) is 17.4 Å². The second-order valence-corrected chi connectivity index (χ2v) is 5.52. The van der Waals surface area contributed by atoms with Crippen LogP contribution in [0, 0.1) is 0 Å². The number of rotatable bonds is 3. The Morgan fingerprint density at radius 1 is 1.47 bits per heavy atom. The molecule has 1 heterocycles. The third-order valence-electron chi connectivity index (χ3n) is 1.95. The van der Waals surface area contributed by atoms with Crippen molar-refractivity contribution in [2.75, 3.05) is 19.6 Å². The summed E-state index contributed by atoms with van der Waals surface area (Å²) in [4.78, 5) is 11.2. The summed E-state index contributed by atoms with van der Waals surface area (Å²) in [6.45, 7) is 4.31. The molecule has 0 aromatic rings. The van der Waals surface area contributed by atoms with Crippen LogP contribution in [0.2, 0.25) is 0 Å². The zero-order valence-electron chi connectivity index (χ0n) is 8.99. The Balaban J connectivity index is 2.72. The number of nitrogens with zero attached hydrogens (tertiary/aromatic N) is 1. The fourth-order valence-corrected chi connectivity index (χ4v) is 2.76. The van der Waals surface area contributed by atoms with Crippen LogP contribution >= 0.6 is 0 Å². The Bertz CT molecular complexity index is 326. The summed E-state index contributed by atoms with van der Waals surface area (Å²) in [5.41, 5.74) is 0. The minimum absolute atomic E-state index is 0.0952. The fraction of sp³-hybridized carbons (Fsp3) is 0.875. The third kappa shape index (κ3) is 3.77. The number of nitrogens with one attached hydrogen (secondary N) is 2. The van der Waals surface area contributed by atoms with Gasteiger partial charge in [0.1, 0.15) is 0 Å². The van der Waals surface area contributed by atoms with E-state index in [0.717, 1.165) is 0 Å². The highest BCUT2D eigenvalue weighted by atomic mass is 32.2. The molecular formula is C8H17N3O3S. The summed E-state index contributed by atoms with van der Waals surface area (Å²) in [6, 6.07) is -0.165. The van der Waals surface area contributed by atoms with Gasteiger partial charge in [-0.3, -0.25) is 4.79 Å². The molecule has 1 amide bonds. The molecular weight excluding hydrogens is 218 g/mol. The van der Waals surface area contributed by atoms with Crippen LogP contribution in [-0.2, 0) is 15.0 Å². The number of amides is 1. The van der Waals surface area contributed by atoms with Gasteiger partial charge in [0.2, 0.25) is 5.91 Å². The van der Waals surface area contributed by atoms with Crippen molar-refractivity contribution in [2.45, 2.75) is 26.3 Å². The van der Waals surface area contributed by atoms with E-state index in [2.05, 4.69) is 10.0 Å². The van der Waals surface area contributed by atoms with Gasteiger partial charge in [-0.05, 0) is 20.3 Å². The monoisotopic (exact) mass is 235 g/mol. The lowest BCUT2D eigenvalue weighted by Crippen LogP contribution is -2.46. The van der Waals surface area contributed by atoms with E-state index >= 15 is 0 Å². The molecule has 2 N–H and O–H groups in total. The van der Waals surface area contributed by atoms with Crippen LogP contribution in [-0.4, -0.2) is 44.3 Å². The molecule has 0 spiro atoms. The molecule has 0 saturated carbocycles. The van der Waals surface area contributed by atoms with Crippen LogP contribution in [0.4, 0.5) is 0 Å². The zero-order chi connectivity index (χ0) is 11.5. The smallest absolute Gasteiger partial charge is 0.280 e. The van der Waals surface area contributed by atoms with Crippen molar-refractivity contribution in [3.63, 3.8) is 0 Å². The average molecular weight is 235 g/mol. The highest BCUT2D eigenvalue weighted by molar-refractivity contribution is 7.87. The molecule has 1 fully saturated rings. The summed E-state index contributed by atoms with van der Waals surface area (Å²) in [7, 11) is -3.52. The van der Waals surface area contributed by atoms with Gasteiger partial charge in [0.15, 0.2) is 0 Å². The first-order chi connectivity index (χ1) is 6.92. The van der Waals surface area contributed by atoms with Crippen LogP contribution in [0.15, 0.2) is 0 Å². The lowest BCUT2D eigenvalue weighted by molar-refractivity contribution is -0.120. The predicted octanol–water partition coefficient (Wildman–Crippen LogP) is -0.949. The van der Waals surface area contributed by atoms with Crippen molar-refractivity contribution < 1.29 is 13.2 Å². The first-order valence-corrected chi connectivity index (χ1v) is 6.40. The molecule has 1 saturated heterocycles. The van der Waals surface area contributed by atoms with E-state index in [1.165, 1.54) is 4.31 Å². The number of hydrogen-bond acceptors (Lipinski definition) is 3. The van der Waals surface area contributed by atoms with E-state index in [1.807, 2.05) is 0 Å². The Morgan fingerprint density at radius 3 is 2.73 bits per heavy atom. The summed E-state index contributed by atoms with van der Waals surface area (Å²) in [5, 5.41) is 2.63. The van der Waals surface area contributed by atoms with Crippen molar-refractivity contribution in [3.05, 3.63) is 0 Å². The lowest BCUT2D eigenvalue weighted by atomic mass is 10.4. The summed E-state index contributed by atoms with van der Waals surface area (Å²) < 4.78 is 27.1. The highest BCUT2D eigenvalue weighted by Gasteiger charge is 2.26. The van der Waals surface area contributed by atoms with Crippen LogP contribution in [0.25, 0.3) is 0 Å². The first kappa shape index (κ1) is 12.4. The molecule has 1 aliphatic rings. The SMILES string of the molecule is CC(C)NS(=O)(=O)N1CCCNC(=O)C1. The summed E-state index contributed by atoms with van der Waals surface area (Å²) in [5.74, 6) is -0.248. The standard InChI is InChI=1S/C8H17N3O3S/c1-7(2)10-15(13,14)11-5-3-4-9-8(12)6-11/h7,10H,3-6H2,1-2H3,(H,9,12). The van der Waals surface area contributed by atoms with Crippen molar-refractivity contribution in [1.82, 2.24) is 14.3 Å². The second kappa shape index (κ2) is 4.91. The van der Waals surface area contributed by atoms with Crippen molar-refractivity contribution >= 4 is 16.1 Å². The van der Waals surface area contributed by atoms with Gasteiger partial charge in [-0.25, -0.2) is 0 Å². The maximum Gasteiger partial charge on any atom is 0.280 e. The van der Waals surface area contributed by atoms with Gasteiger partial charge in [-0.1, -0.05) is 0 Å². The first-order valence-electron chi connectivity index (χ1n) is 4.96. The molecule has 0 aromatic carbocycles.